The second-order valence-corrected chi connectivity index (χ2v) is 10.9. The van der Waals surface area contributed by atoms with E-state index in [0.29, 0.717) is 34.4 Å². The van der Waals surface area contributed by atoms with Gasteiger partial charge in [0.25, 0.3) is 0 Å². The lowest BCUT2D eigenvalue weighted by atomic mass is 10.0. The molecule has 5 aromatic rings. The van der Waals surface area contributed by atoms with Gasteiger partial charge in [-0.25, -0.2) is 19.7 Å². The molecule has 5 rings (SSSR count). The standard InChI is InChI=1S/C40H35N3O4/c1-6-11-28(7-2)30-14-18-32(19-15-30)37-41-38(33-20-16-31(17-21-33)29-12-9-8-10-13-29)43-39(42-37)35-23-22-34(24-36(35)44)47-27(5)25-46-40(45)26(3)4/h6-24,27,44H,1-3,25H2,4-5H3/b28-11+. The molecule has 1 atom stereocenters. The third-order valence-electron chi connectivity index (χ3n) is 7.22. The van der Waals surface area contributed by atoms with Crippen LogP contribution < -0.4 is 4.74 Å². The number of rotatable bonds is 12. The Balaban J connectivity index is 1.50. The lowest BCUT2D eigenvalue weighted by molar-refractivity contribution is -0.141. The van der Waals surface area contributed by atoms with Gasteiger partial charge in [0.15, 0.2) is 17.5 Å². The van der Waals surface area contributed by atoms with E-state index in [2.05, 4.69) is 31.9 Å². The van der Waals surface area contributed by atoms with Crippen LogP contribution in [0, 0.1) is 0 Å². The summed E-state index contributed by atoms with van der Waals surface area (Å²) in [5, 5.41) is 11.1. The van der Waals surface area contributed by atoms with Gasteiger partial charge in [0.1, 0.15) is 24.2 Å². The maximum Gasteiger partial charge on any atom is 0.333 e. The molecule has 234 valence electrons. The smallest absolute Gasteiger partial charge is 0.333 e. The lowest BCUT2D eigenvalue weighted by Gasteiger charge is -2.16. The number of phenolic OH excluding ortho intramolecular Hbond substituents is 1. The number of hydrogen-bond donors (Lipinski definition) is 1. The topological polar surface area (TPSA) is 94.4 Å². The largest absolute Gasteiger partial charge is 0.507 e. The summed E-state index contributed by atoms with van der Waals surface area (Å²) in [7, 11) is 0. The van der Waals surface area contributed by atoms with Crippen LogP contribution in [-0.4, -0.2) is 38.7 Å². The molecule has 1 aromatic heterocycles. The number of carbonyl (C=O) groups excluding carboxylic acids is 1. The number of ether oxygens (including phenoxy) is 2. The number of carbonyl (C=O) groups is 1. The van der Waals surface area contributed by atoms with E-state index in [1.807, 2.05) is 72.8 Å². The SMILES string of the molecule is C=C/C=C(\C=C)c1ccc(-c2nc(-c3ccc(-c4ccccc4)cc3)nc(-c3ccc(OC(C)COC(=O)C(=C)C)cc3O)n2)cc1. The van der Waals surface area contributed by atoms with E-state index < -0.39 is 12.1 Å². The molecule has 0 amide bonds. The first-order valence-corrected chi connectivity index (χ1v) is 15.1. The highest BCUT2D eigenvalue weighted by atomic mass is 16.6. The maximum absolute atomic E-state index is 11.7. The fourth-order valence-corrected chi connectivity index (χ4v) is 4.77. The van der Waals surface area contributed by atoms with Crippen molar-refractivity contribution >= 4 is 11.5 Å². The number of esters is 1. The number of nitrogens with zero attached hydrogens (tertiary/aromatic N) is 3. The first-order valence-electron chi connectivity index (χ1n) is 15.1. The van der Waals surface area contributed by atoms with Gasteiger partial charge < -0.3 is 14.6 Å². The zero-order valence-electron chi connectivity index (χ0n) is 26.4. The van der Waals surface area contributed by atoms with Crippen LogP contribution in [0.4, 0.5) is 0 Å². The van der Waals surface area contributed by atoms with Gasteiger partial charge in [-0.05, 0) is 48.2 Å². The molecular weight excluding hydrogens is 586 g/mol. The molecule has 1 N–H and O–H groups in total. The van der Waals surface area contributed by atoms with Gasteiger partial charge in [-0.3, -0.25) is 0 Å². The summed E-state index contributed by atoms with van der Waals surface area (Å²) in [6.45, 7) is 14.6. The van der Waals surface area contributed by atoms with Crippen molar-refractivity contribution in [1.29, 1.82) is 0 Å². The Labute approximate surface area is 274 Å². The average Bonchev–Trinajstić information content (AvgIpc) is 3.10. The fraction of sp³-hybridized carbons (Fsp3) is 0.100. The van der Waals surface area contributed by atoms with Crippen molar-refractivity contribution in [2.75, 3.05) is 6.61 Å². The molecule has 0 saturated carbocycles. The Kier molecular flexibility index (Phi) is 10.2. The highest BCUT2D eigenvalue weighted by Gasteiger charge is 2.17. The Morgan fingerprint density at radius 3 is 1.96 bits per heavy atom. The minimum absolute atomic E-state index is 0.0356. The average molecular weight is 622 g/mol. The van der Waals surface area contributed by atoms with Crippen LogP contribution in [0.2, 0.25) is 0 Å². The third kappa shape index (κ3) is 7.96. The number of aromatic hydroxyl groups is 1. The normalized spacial score (nSPS) is 11.7. The minimum atomic E-state index is -0.487. The molecule has 7 nitrogen and oxygen atoms in total. The van der Waals surface area contributed by atoms with Gasteiger partial charge in [0, 0.05) is 22.8 Å². The molecule has 0 aliphatic heterocycles. The summed E-state index contributed by atoms with van der Waals surface area (Å²) in [6.07, 6.45) is 4.94. The van der Waals surface area contributed by atoms with Crippen molar-refractivity contribution < 1.29 is 19.4 Å². The monoisotopic (exact) mass is 621 g/mol. The van der Waals surface area contributed by atoms with E-state index >= 15 is 0 Å². The van der Waals surface area contributed by atoms with E-state index in [9.17, 15) is 9.90 Å². The molecule has 0 aliphatic carbocycles. The number of phenols is 1. The molecule has 0 aliphatic rings. The van der Waals surface area contributed by atoms with E-state index in [4.69, 9.17) is 24.4 Å². The quantitative estimate of drug-likeness (QED) is 0.0845. The molecule has 7 heteroatoms. The highest BCUT2D eigenvalue weighted by molar-refractivity contribution is 5.87. The first kappa shape index (κ1) is 32.3. The summed E-state index contributed by atoms with van der Waals surface area (Å²) in [5.41, 5.74) is 6.39. The van der Waals surface area contributed by atoms with Crippen molar-refractivity contribution in [2.45, 2.75) is 20.0 Å². The zero-order chi connectivity index (χ0) is 33.3. The van der Waals surface area contributed by atoms with Crippen molar-refractivity contribution in [3.8, 4) is 56.8 Å². The summed E-state index contributed by atoms with van der Waals surface area (Å²) < 4.78 is 11.0. The number of hydrogen-bond acceptors (Lipinski definition) is 7. The van der Waals surface area contributed by atoms with Crippen molar-refractivity contribution in [3.05, 3.63) is 146 Å². The van der Waals surface area contributed by atoms with Crippen LogP contribution in [0.3, 0.4) is 0 Å². The van der Waals surface area contributed by atoms with E-state index in [0.717, 1.165) is 33.4 Å². The van der Waals surface area contributed by atoms with Gasteiger partial charge in [0.05, 0.1) is 5.56 Å². The molecule has 0 saturated heterocycles. The number of aromatic nitrogens is 3. The summed E-state index contributed by atoms with van der Waals surface area (Å²) in [4.78, 5) is 26.1. The molecule has 47 heavy (non-hydrogen) atoms. The van der Waals surface area contributed by atoms with Crippen LogP contribution in [-0.2, 0) is 9.53 Å². The first-order chi connectivity index (χ1) is 22.7. The van der Waals surface area contributed by atoms with Crippen LogP contribution in [0.1, 0.15) is 19.4 Å². The van der Waals surface area contributed by atoms with Crippen molar-refractivity contribution in [1.82, 2.24) is 15.0 Å². The van der Waals surface area contributed by atoms with E-state index in [-0.39, 0.29) is 12.4 Å². The molecular formula is C40H35N3O4. The van der Waals surface area contributed by atoms with Gasteiger partial charge in [0.2, 0.25) is 0 Å². The van der Waals surface area contributed by atoms with Gasteiger partial charge in [-0.15, -0.1) is 0 Å². The molecule has 0 fully saturated rings. The Morgan fingerprint density at radius 1 is 0.809 bits per heavy atom. The number of allylic oxidation sites excluding steroid dienone is 4. The molecule has 0 bridgehead atoms. The Hall–Kier alpha value is -6.08. The molecule has 1 unspecified atom stereocenters. The maximum atomic E-state index is 11.7. The van der Waals surface area contributed by atoms with Crippen LogP contribution in [0.15, 0.2) is 141 Å². The summed E-state index contributed by atoms with van der Waals surface area (Å²) in [5.74, 6) is 1.05. The van der Waals surface area contributed by atoms with Crippen LogP contribution in [0.25, 0.3) is 50.9 Å². The van der Waals surface area contributed by atoms with Gasteiger partial charge in [-0.2, -0.15) is 0 Å². The van der Waals surface area contributed by atoms with E-state index in [1.54, 1.807) is 38.1 Å². The molecule has 0 spiro atoms. The van der Waals surface area contributed by atoms with Crippen LogP contribution in [0.5, 0.6) is 11.5 Å². The molecule has 0 radical (unpaired) electrons. The summed E-state index contributed by atoms with van der Waals surface area (Å²) in [6, 6.07) is 30.9. The van der Waals surface area contributed by atoms with Gasteiger partial charge in [-0.1, -0.05) is 117 Å². The minimum Gasteiger partial charge on any atom is -0.507 e. The number of benzene rings is 4. The third-order valence-corrected chi connectivity index (χ3v) is 7.22. The van der Waals surface area contributed by atoms with E-state index in [1.165, 1.54) is 6.07 Å². The van der Waals surface area contributed by atoms with Gasteiger partial charge >= 0.3 is 5.97 Å². The van der Waals surface area contributed by atoms with Crippen LogP contribution >= 0.6 is 0 Å². The second kappa shape index (κ2) is 14.8. The highest BCUT2D eigenvalue weighted by Crippen LogP contribution is 2.34. The Morgan fingerprint density at radius 2 is 1.38 bits per heavy atom. The Bertz CT molecular complexity index is 1950. The predicted molar refractivity (Wildman–Crippen MR) is 187 cm³/mol. The molecule has 4 aromatic carbocycles. The fourth-order valence-electron chi connectivity index (χ4n) is 4.77. The van der Waals surface area contributed by atoms with Crippen molar-refractivity contribution in [3.63, 3.8) is 0 Å². The second-order valence-electron chi connectivity index (χ2n) is 10.9. The summed E-state index contributed by atoms with van der Waals surface area (Å²) >= 11 is 0. The zero-order valence-corrected chi connectivity index (χ0v) is 26.4. The van der Waals surface area contributed by atoms with Crippen molar-refractivity contribution in [2.24, 2.45) is 0 Å². The molecule has 1 heterocycles. The predicted octanol–water partition coefficient (Wildman–Crippen LogP) is 8.89. The lowest BCUT2D eigenvalue weighted by Crippen LogP contribution is -2.21.